The normalized spacial score (nSPS) is 15.9. The fraction of sp³-hybridized carbons (Fsp3) is 0.478. The molecule has 2 aromatic rings. The number of para-hydroxylation sites is 1. The predicted molar refractivity (Wildman–Crippen MR) is 118 cm³/mol. The number of rotatable bonds is 8. The second-order valence-corrected chi connectivity index (χ2v) is 7.48. The molecular weight excluding hydrogens is 362 g/mol. The molecule has 0 bridgehead atoms. The summed E-state index contributed by atoms with van der Waals surface area (Å²) in [6, 6.07) is 14.7. The number of likely N-dealkylation sites (tertiary alicyclic amines) is 1. The van der Waals surface area contributed by atoms with Crippen LogP contribution in [0.2, 0.25) is 0 Å². The fourth-order valence-electron chi connectivity index (χ4n) is 3.52. The summed E-state index contributed by atoms with van der Waals surface area (Å²) in [6.07, 6.45) is 5.02. The molecule has 1 saturated heterocycles. The van der Waals surface area contributed by atoms with E-state index in [0.717, 1.165) is 62.8 Å². The summed E-state index contributed by atoms with van der Waals surface area (Å²) in [5.74, 6) is 1.84. The first-order chi connectivity index (χ1) is 14.2. The molecule has 1 aromatic heterocycles. The van der Waals surface area contributed by atoms with Gasteiger partial charge in [-0.15, -0.1) is 0 Å². The van der Waals surface area contributed by atoms with E-state index in [0.29, 0.717) is 12.6 Å². The smallest absolute Gasteiger partial charge is 0.191 e. The number of benzene rings is 1. The van der Waals surface area contributed by atoms with E-state index in [4.69, 9.17) is 4.74 Å². The largest absolute Gasteiger partial charge is 0.493 e. The highest BCUT2D eigenvalue weighted by Crippen LogP contribution is 2.16. The van der Waals surface area contributed by atoms with Gasteiger partial charge in [-0.25, -0.2) is 0 Å². The first-order valence-corrected chi connectivity index (χ1v) is 10.5. The average molecular weight is 396 g/mol. The number of aromatic nitrogens is 1. The summed E-state index contributed by atoms with van der Waals surface area (Å²) < 4.78 is 5.85. The molecular formula is C23H33N5O. The van der Waals surface area contributed by atoms with Crippen LogP contribution in [-0.2, 0) is 6.54 Å². The molecule has 0 atom stereocenters. The van der Waals surface area contributed by atoms with Gasteiger partial charge in [0.2, 0.25) is 0 Å². The second-order valence-electron chi connectivity index (χ2n) is 7.48. The maximum absolute atomic E-state index is 5.85. The maximum Gasteiger partial charge on any atom is 0.191 e. The van der Waals surface area contributed by atoms with E-state index in [2.05, 4.69) is 50.6 Å². The Morgan fingerprint density at radius 2 is 1.97 bits per heavy atom. The lowest BCUT2D eigenvalue weighted by atomic mass is 10.0. The molecule has 2 N–H and O–H groups in total. The van der Waals surface area contributed by atoms with Crippen LogP contribution in [0, 0.1) is 6.92 Å². The van der Waals surface area contributed by atoms with Crippen LogP contribution >= 0.6 is 0 Å². The highest BCUT2D eigenvalue weighted by Gasteiger charge is 2.20. The number of aliphatic imine (C=N–C) groups is 1. The molecule has 156 valence electrons. The molecule has 6 heteroatoms. The summed E-state index contributed by atoms with van der Waals surface area (Å²) in [5, 5.41) is 6.97. The van der Waals surface area contributed by atoms with E-state index < -0.39 is 0 Å². The van der Waals surface area contributed by atoms with Gasteiger partial charge in [0.05, 0.1) is 12.3 Å². The molecule has 0 saturated carbocycles. The van der Waals surface area contributed by atoms with E-state index >= 15 is 0 Å². The molecule has 1 aromatic carbocycles. The van der Waals surface area contributed by atoms with E-state index in [1.54, 1.807) is 0 Å². The zero-order chi connectivity index (χ0) is 20.3. The molecule has 0 spiro atoms. The molecule has 1 aliphatic rings. The van der Waals surface area contributed by atoms with Crippen LogP contribution in [0.3, 0.4) is 0 Å². The number of hydrogen-bond donors (Lipinski definition) is 2. The van der Waals surface area contributed by atoms with Crippen molar-refractivity contribution in [1.29, 1.82) is 0 Å². The minimum Gasteiger partial charge on any atom is -0.493 e. The number of pyridine rings is 1. The molecule has 3 rings (SSSR count). The van der Waals surface area contributed by atoms with Crippen LogP contribution in [0.5, 0.6) is 5.75 Å². The van der Waals surface area contributed by atoms with Crippen LogP contribution in [0.15, 0.2) is 53.7 Å². The number of piperidine rings is 1. The summed E-state index contributed by atoms with van der Waals surface area (Å²) in [6.45, 7) is 6.69. The lowest BCUT2D eigenvalue weighted by Gasteiger charge is -2.32. The molecule has 2 heterocycles. The van der Waals surface area contributed by atoms with Gasteiger partial charge in [-0.1, -0.05) is 24.3 Å². The highest BCUT2D eigenvalue weighted by molar-refractivity contribution is 5.79. The van der Waals surface area contributed by atoms with Crippen LogP contribution in [0.25, 0.3) is 0 Å². The van der Waals surface area contributed by atoms with Gasteiger partial charge >= 0.3 is 0 Å². The molecule has 0 unspecified atom stereocenters. The van der Waals surface area contributed by atoms with Gasteiger partial charge in [0.25, 0.3) is 0 Å². The van der Waals surface area contributed by atoms with Crippen molar-refractivity contribution in [3.8, 4) is 5.75 Å². The molecule has 1 fully saturated rings. The van der Waals surface area contributed by atoms with Crippen LogP contribution in [0.4, 0.5) is 0 Å². The molecule has 0 amide bonds. The summed E-state index contributed by atoms with van der Waals surface area (Å²) in [7, 11) is 1.83. The second kappa shape index (κ2) is 11.4. The van der Waals surface area contributed by atoms with Crippen LogP contribution < -0.4 is 15.4 Å². The van der Waals surface area contributed by atoms with Gasteiger partial charge < -0.3 is 15.4 Å². The lowest BCUT2D eigenvalue weighted by molar-refractivity contribution is 0.196. The predicted octanol–water partition coefficient (Wildman–Crippen LogP) is 2.99. The minimum absolute atomic E-state index is 0.462. The summed E-state index contributed by atoms with van der Waals surface area (Å²) in [4.78, 5) is 11.3. The van der Waals surface area contributed by atoms with Crippen molar-refractivity contribution in [2.24, 2.45) is 4.99 Å². The standard InChI is InChI=1S/C23H33N5O/c1-19-8-3-4-10-22(19)29-17-7-14-26-23(24-2)27-20-11-15-28(16-12-20)18-21-9-5-6-13-25-21/h3-6,8-10,13,20H,7,11-12,14-18H2,1-2H3,(H2,24,26,27). The van der Waals surface area contributed by atoms with Crippen molar-refractivity contribution < 1.29 is 4.74 Å². The first kappa shape index (κ1) is 21.1. The molecule has 0 radical (unpaired) electrons. The van der Waals surface area contributed by atoms with Crippen LogP contribution in [-0.4, -0.2) is 55.2 Å². The molecule has 29 heavy (non-hydrogen) atoms. The molecule has 6 nitrogen and oxygen atoms in total. The molecule has 1 aliphatic heterocycles. The van der Waals surface area contributed by atoms with Gasteiger partial charge in [0.1, 0.15) is 5.75 Å². The van der Waals surface area contributed by atoms with Crippen molar-refractivity contribution in [1.82, 2.24) is 20.5 Å². The third-order valence-corrected chi connectivity index (χ3v) is 5.23. The topological polar surface area (TPSA) is 61.8 Å². The number of nitrogens with zero attached hydrogens (tertiary/aromatic N) is 3. The third-order valence-electron chi connectivity index (χ3n) is 5.23. The van der Waals surface area contributed by atoms with Gasteiger partial charge in [0.15, 0.2) is 5.96 Å². The van der Waals surface area contributed by atoms with E-state index in [-0.39, 0.29) is 0 Å². The number of aryl methyl sites for hydroxylation is 1. The van der Waals surface area contributed by atoms with Gasteiger partial charge in [0, 0.05) is 45.5 Å². The van der Waals surface area contributed by atoms with Gasteiger partial charge in [-0.3, -0.25) is 14.9 Å². The van der Waals surface area contributed by atoms with Crippen LogP contribution in [0.1, 0.15) is 30.5 Å². The number of ether oxygens (including phenoxy) is 1. The Labute approximate surface area is 174 Å². The third kappa shape index (κ3) is 7.06. The van der Waals surface area contributed by atoms with Crippen molar-refractivity contribution in [3.63, 3.8) is 0 Å². The Balaban J connectivity index is 1.31. The number of guanidine groups is 1. The number of hydrogen-bond acceptors (Lipinski definition) is 4. The monoisotopic (exact) mass is 395 g/mol. The highest BCUT2D eigenvalue weighted by atomic mass is 16.5. The Hall–Kier alpha value is -2.60. The fourth-order valence-corrected chi connectivity index (χ4v) is 3.52. The summed E-state index contributed by atoms with van der Waals surface area (Å²) in [5.41, 5.74) is 2.32. The Kier molecular flexibility index (Phi) is 8.31. The first-order valence-electron chi connectivity index (χ1n) is 10.5. The van der Waals surface area contributed by atoms with E-state index in [9.17, 15) is 0 Å². The average Bonchev–Trinajstić information content (AvgIpc) is 2.76. The molecule has 0 aliphatic carbocycles. The lowest BCUT2D eigenvalue weighted by Crippen LogP contribution is -2.48. The Morgan fingerprint density at radius 3 is 2.69 bits per heavy atom. The maximum atomic E-state index is 5.85. The van der Waals surface area contributed by atoms with Crippen molar-refractivity contribution >= 4 is 5.96 Å². The van der Waals surface area contributed by atoms with E-state index in [1.807, 2.05) is 37.5 Å². The zero-order valence-corrected chi connectivity index (χ0v) is 17.6. The quantitative estimate of drug-likeness (QED) is 0.409. The summed E-state index contributed by atoms with van der Waals surface area (Å²) >= 11 is 0. The van der Waals surface area contributed by atoms with Gasteiger partial charge in [-0.05, 0) is 49.9 Å². The van der Waals surface area contributed by atoms with Crippen molar-refractivity contribution in [2.75, 3.05) is 33.3 Å². The number of nitrogens with one attached hydrogen (secondary N) is 2. The zero-order valence-electron chi connectivity index (χ0n) is 17.6. The minimum atomic E-state index is 0.462. The van der Waals surface area contributed by atoms with Gasteiger partial charge in [-0.2, -0.15) is 0 Å². The Bertz CT molecular complexity index is 757. The Morgan fingerprint density at radius 1 is 1.17 bits per heavy atom. The SMILES string of the molecule is CN=C(NCCCOc1ccccc1C)NC1CCN(Cc2ccccn2)CC1. The van der Waals surface area contributed by atoms with Crippen molar-refractivity contribution in [3.05, 3.63) is 59.9 Å². The van der Waals surface area contributed by atoms with E-state index in [1.165, 1.54) is 5.56 Å². The van der Waals surface area contributed by atoms with Crippen molar-refractivity contribution in [2.45, 2.75) is 38.8 Å².